The van der Waals surface area contributed by atoms with Crippen LogP contribution in [0.3, 0.4) is 0 Å². The molecular formula is C20H19Cl2NO4. The summed E-state index contributed by atoms with van der Waals surface area (Å²) >= 11 is 12.1. The number of aromatic nitrogens is 1. The Balaban J connectivity index is 2.35. The first-order valence-electron chi connectivity index (χ1n) is 8.59. The smallest absolute Gasteiger partial charge is 0.343 e. The molecule has 0 saturated carbocycles. The maximum atomic E-state index is 13.1. The summed E-state index contributed by atoms with van der Waals surface area (Å²) in [6.07, 6.45) is 0.842. The molecule has 2 aromatic rings. The molecule has 0 spiro atoms. The molecule has 0 aliphatic heterocycles. The van der Waals surface area contributed by atoms with Gasteiger partial charge in [-0.2, -0.15) is 0 Å². The maximum absolute atomic E-state index is 13.1. The maximum Gasteiger partial charge on any atom is 0.343 e. The van der Waals surface area contributed by atoms with Crippen molar-refractivity contribution in [1.29, 1.82) is 0 Å². The minimum absolute atomic E-state index is 0.111. The fourth-order valence-corrected chi connectivity index (χ4v) is 3.66. The van der Waals surface area contributed by atoms with Crippen LogP contribution in [0.2, 0.25) is 10.0 Å². The number of halogens is 2. The number of ether oxygens (including phenoxy) is 1. The number of hydrogen-bond acceptors (Lipinski definition) is 4. The van der Waals surface area contributed by atoms with Crippen molar-refractivity contribution in [3.63, 3.8) is 0 Å². The van der Waals surface area contributed by atoms with Crippen LogP contribution in [-0.4, -0.2) is 22.9 Å². The normalized spacial score (nSPS) is 15.4. The highest BCUT2D eigenvalue weighted by atomic mass is 35.5. The fourth-order valence-electron chi connectivity index (χ4n) is 3.37. The number of rotatable bonds is 3. The third-order valence-electron chi connectivity index (χ3n) is 4.55. The molecule has 27 heavy (non-hydrogen) atoms. The Kier molecular flexibility index (Phi) is 5.19. The van der Waals surface area contributed by atoms with Crippen molar-refractivity contribution in [3.8, 4) is 5.69 Å². The van der Waals surface area contributed by atoms with Crippen molar-refractivity contribution >= 4 is 35.0 Å². The largest absolute Gasteiger partial charge is 0.462 e. The predicted molar refractivity (Wildman–Crippen MR) is 104 cm³/mol. The Hall–Kier alpha value is -2.11. The lowest BCUT2D eigenvalue weighted by molar-refractivity contribution is 0.0523. The Morgan fingerprint density at radius 3 is 2.48 bits per heavy atom. The van der Waals surface area contributed by atoms with Crippen LogP contribution in [0.4, 0.5) is 0 Å². The minimum Gasteiger partial charge on any atom is -0.462 e. The number of ketones is 1. The first kappa shape index (κ1) is 19.6. The molecule has 0 N–H and O–H groups in total. The average molecular weight is 408 g/mol. The van der Waals surface area contributed by atoms with Crippen molar-refractivity contribution < 1.29 is 14.3 Å². The van der Waals surface area contributed by atoms with Gasteiger partial charge in [0.2, 0.25) is 0 Å². The lowest BCUT2D eigenvalue weighted by Crippen LogP contribution is -2.36. The van der Waals surface area contributed by atoms with Gasteiger partial charge in [-0.05, 0) is 43.0 Å². The lowest BCUT2D eigenvalue weighted by Gasteiger charge is -2.32. The van der Waals surface area contributed by atoms with E-state index in [1.807, 2.05) is 13.8 Å². The van der Waals surface area contributed by atoms with Gasteiger partial charge in [0.15, 0.2) is 5.78 Å². The number of carbonyl (C=O) groups is 2. The van der Waals surface area contributed by atoms with Gasteiger partial charge in [0.05, 0.1) is 22.3 Å². The number of fused-ring (bicyclic) bond motifs is 1. The predicted octanol–water partition coefficient (Wildman–Crippen LogP) is 4.48. The monoisotopic (exact) mass is 407 g/mol. The van der Waals surface area contributed by atoms with Crippen LogP contribution in [0.15, 0.2) is 29.1 Å². The average Bonchev–Trinajstić information content (AvgIpc) is 2.56. The van der Waals surface area contributed by atoms with Crippen molar-refractivity contribution in [2.45, 2.75) is 33.6 Å². The molecular weight excluding hydrogens is 389 g/mol. The molecule has 1 aromatic carbocycles. The van der Waals surface area contributed by atoms with Crippen LogP contribution >= 0.6 is 23.2 Å². The molecule has 0 radical (unpaired) electrons. The molecule has 1 heterocycles. The topological polar surface area (TPSA) is 65.4 Å². The fraction of sp³-hybridized carbons (Fsp3) is 0.350. The van der Waals surface area contributed by atoms with Gasteiger partial charge in [-0.1, -0.05) is 37.0 Å². The van der Waals surface area contributed by atoms with Gasteiger partial charge in [-0.15, -0.1) is 0 Å². The molecule has 0 fully saturated rings. The molecule has 0 saturated heterocycles. The summed E-state index contributed by atoms with van der Waals surface area (Å²) in [4.78, 5) is 38.2. The lowest BCUT2D eigenvalue weighted by atomic mass is 9.75. The molecule has 0 amide bonds. The van der Waals surface area contributed by atoms with Gasteiger partial charge < -0.3 is 4.74 Å². The van der Waals surface area contributed by atoms with E-state index in [0.29, 0.717) is 34.8 Å². The van der Waals surface area contributed by atoms with Gasteiger partial charge in [0.25, 0.3) is 5.56 Å². The molecule has 7 heteroatoms. The SMILES string of the molecule is CCOC(=O)c1cc2c(n(-c3ccc(Cl)c(Cl)c3)c1=O)CC(C)(C)CC2=O. The van der Waals surface area contributed by atoms with E-state index in [1.165, 1.54) is 10.6 Å². The Labute approximate surface area is 166 Å². The number of nitrogens with zero attached hydrogens (tertiary/aromatic N) is 1. The van der Waals surface area contributed by atoms with E-state index in [4.69, 9.17) is 27.9 Å². The summed E-state index contributed by atoms with van der Waals surface area (Å²) in [5, 5.41) is 0.623. The molecule has 0 unspecified atom stereocenters. The first-order valence-corrected chi connectivity index (χ1v) is 9.35. The van der Waals surface area contributed by atoms with Gasteiger partial charge in [0, 0.05) is 17.7 Å². The van der Waals surface area contributed by atoms with Gasteiger partial charge >= 0.3 is 5.97 Å². The number of carbonyl (C=O) groups excluding carboxylic acids is 2. The molecule has 142 valence electrons. The Morgan fingerprint density at radius 2 is 1.85 bits per heavy atom. The van der Waals surface area contributed by atoms with E-state index in [9.17, 15) is 14.4 Å². The highest BCUT2D eigenvalue weighted by molar-refractivity contribution is 6.42. The Bertz CT molecular complexity index is 1010. The molecule has 1 aromatic heterocycles. The third kappa shape index (κ3) is 3.66. The van der Waals surface area contributed by atoms with E-state index in [1.54, 1.807) is 25.1 Å². The van der Waals surface area contributed by atoms with Gasteiger partial charge in [-0.25, -0.2) is 4.79 Å². The molecule has 0 atom stereocenters. The van der Waals surface area contributed by atoms with Gasteiger partial charge in [0.1, 0.15) is 5.56 Å². The standard InChI is InChI=1S/C20H19Cl2NO4/c1-4-27-19(26)13-8-12-16(9-20(2,3)10-17(12)24)23(18(13)25)11-5-6-14(21)15(22)7-11/h5-8H,4,9-10H2,1-3H3. The molecule has 1 aliphatic rings. The number of esters is 1. The summed E-state index contributed by atoms with van der Waals surface area (Å²) in [5.41, 5.74) is 0.351. The van der Waals surface area contributed by atoms with Crippen LogP contribution < -0.4 is 5.56 Å². The number of hydrogen-bond donors (Lipinski definition) is 0. The summed E-state index contributed by atoms with van der Waals surface area (Å²) in [7, 11) is 0. The quantitative estimate of drug-likeness (QED) is 0.703. The van der Waals surface area contributed by atoms with E-state index in [2.05, 4.69) is 0 Å². The number of pyridine rings is 1. The van der Waals surface area contributed by atoms with Crippen molar-refractivity contribution in [2.24, 2.45) is 5.41 Å². The van der Waals surface area contributed by atoms with Gasteiger partial charge in [-0.3, -0.25) is 14.2 Å². The van der Waals surface area contributed by atoms with Crippen molar-refractivity contribution in [3.05, 3.63) is 61.5 Å². The van der Waals surface area contributed by atoms with E-state index in [-0.39, 0.29) is 28.4 Å². The van der Waals surface area contributed by atoms with E-state index in [0.717, 1.165) is 0 Å². The minimum atomic E-state index is -0.753. The second kappa shape index (κ2) is 7.13. The second-order valence-corrected chi connectivity index (χ2v) is 8.13. The second-order valence-electron chi connectivity index (χ2n) is 7.32. The van der Waals surface area contributed by atoms with Crippen LogP contribution in [-0.2, 0) is 11.2 Å². The molecule has 3 rings (SSSR count). The Morgan fingerprint density at radius 1 is 1.15 bits per heavy atom. The van der Waals surface area contributed by atoms with E-state index < -0.39 is 11.5 Å². The number of benzene rings is 1. The highest BCUT2D eigenvalue weighted by Gasteiger charge is 2.35. The third-order valence-corrected chi connectivity index (χ3v) is 5.28. The zero-order chi connectivity index (χ0) is 19.9. The van der Waals surface area contributed by atoms with Crippen LogP contribution in [0.1, 0.15) is 53.6 Å². The van der Waals surface area contributed by atoms with Crippen LogP contribution in [0, 0.1) is 5.41 Å². The summed E-state index contributed by atoms with van der Waals surface area (Å²) < 4.78 is 6.38. The highest BCUT2D eigenvalue weighted by Crippen LogP contribution is 2.36. The summed E-state index contributed by atoms with van der Waals surface area (Å²) in [5.74, 6) is -0.864. The van der Waals surface area contributed by atoms with Crippen molar-refractivity contribution in [2.75, 3.05) is 6.61 Å². The first-order chi connectivity index (χ1) is 12.6. The van der Waals surface area contributed by atoms with E-state index >= 15 is 0 Å². The molecule has 0 bridgehead atoms. The van der Waals surface area contributed by atoms with Crippen LogP contribution in [0.25, 0.3) is 5.69 Å². The molecule has 5 nitrogen and oxygen atoms in total. The zero-order valence-electron chi connectivity index (χ0n) is 15.3. The zero-order valence-corrected chi connectivity index (χ0v) is 16.8. The summed E-state index contributed by atoms with van der Waals surface area (Å²) in [6.45, 7) is 5.72. The molecule has 1 aliphatic carbocycles. The van der Waals surface area contributed by atoms with Crippen LogP contribution in [0.5, 0.6) is 0 Å². The number of Topliss-reactive ketones (excluding diaryl/α,β-unsaturated/α-hetero) is 1. The summed E-state index contributed by atoms with van der Waals surface area (Å²) in [6, 6.07) is 6.12. The van der Waals surface area contributed by atoms with Crippen molar-refractivity contribution in [1.82, 2.24) is 4.57 Å².